The first kappa shape index (κ1) is 12.1. The number of aromatic nitrogens is 1. The summed E-state index contributed by atoms with van der Waals surface area (Å²) in [5, 5.41) is 3.74. The van der Waals surface area contributed by atoms with Gasteiger partial charge in [-0.15, -0.1) is 0 Å². The van der Waals surface area contributed by atoms with Crippen LogP contribution in [0.5, 0.6) is 0 Å². The van der Waals surface area contributed by atoms with E-state index in [1.807, 2.05) is 18.5 Å². The van der Waals surface area contributed by atoms with Gasteiger partial charge in [-0.25, -0.2) is 0 Å². The summed E-state index contributed by atoms with van der Waals surface area (Å²) in [6.07, 6.45) is 9.94. The SMILES string of the molecule is C[C@@H](NC1CCOC2(CCC2)C1)c1cccnc1. The Bertz CT molecular complexity index is 389. The van der Waals surface area contributed by atoms with E-state index in [0.29, 0.717) is 12.1 Å². The van der Waals surface area contributed by atoms with Crippen molar-refractivity contribution in [1.29, 1.82) is 0 Å². The lowest BCUT2D eigenvalue weighted by atomic mass is 9.74. The molecule has 0 bridgehead atoms. The highest BCUT2D eigenvalue weighted by Gasteiger charge is 2.42. The zero-order valence-corrected chi connectivity index (χ0v) is 11.1. The summed E-state index contributed by atoms with van der Waals surface area (Å²) in [5.74, 6) is 0. The van der Waals surface area contributed by atoms with Crippen molar-refractivity contribution >= 4 is 0 Å². The first-order valence-corrected chi connectivity index (χ1v) is 7.07. The van der Waals surface area contributed by atoms with Crippen LogP contribution >= 0.6 is 0 Å². The predicted octanol–water partition coefficient (Wildman–Crippen LogP) is 2.83. The standard InChI is InChI=1S/C15H22N2O/c1-12(13-4-2-8-16-11-13)17-14-5-9-18-15(10-14)6-3-7-15/h2,4,8,11-12,14,17H,3,5-7,9-10H2,1H3/t12-,14?/m1/s1. The van der Waals surface area contributed by atoms with Crippen molar-refractivity contribution in [3.8, 4) is 0 Å². The molecule has 3 rings (SSSR count). The molecule has 2 heterocycles. The van der Waals surface area contributed by atoms with E-state index in [-0.39, 0.29) is 5.60 Å². The van der Waals surface area contributed by atoms with Gasteiger partial charge >= 0.3 is 0 Å². The zero-order valence-electron chi connectivity index (χ0n) is 11.1. The molecule has 1 aliphatic carbocycles. The Labute approximate surface area is 109 Å². The van der Waals surface area contributed by atoms with Crippen molar-refractivity contribution < 1.29 is 4.74 Å². The molecule has 98 valence electrons. The molecular weight excluding hydrogens is 224 g/mol. The third-order valence-corrected chi connectivity index (χ3v) is 4.43. The number of pyridine rings is 1. The number of ether oxygens (including phenoxy) is 1. The topological polar surface area (TPSA) is 34.1 Å². The largest absolute Gasteiger partial charge is 0.375 e. The smallest absolute Gasteiger partial charge is 0.0697 e. The molecule has 1 saturated carbocycles. The number of nitrogens with zero attached hydrogens (tertiary/aromatic N) is 1. The second-order valence-electron chi connectivity index (χ2n) is 5.75. The summed E-state index contributed by atoms with van der Waals surface area (Å²) in [5.41, 5.74) is 1.50. The van der Waals surface area contributed by atoms with Crippen molar-refractivity contribution in [2.45, 2.75) is 56.7 Å². The Kier molecular flexibility index (Phi) is 3.35. The van der Waals surface area contributed by atoms with Gasteiger partial charge in [-0.2, -0.15) is 0 Å². The Morgan fingerprint density at radius 1 is 1.50 bits per heavy atom. The van der Waals surface area contributed by atoms with Crippen molar-refractivity contribution in [2.24, 2.45) is 0 Å². The minimum absolute atomic E-state index is 0.227. The van der Waals surface area contributed by atoms with Gasteiger partial charge in [-0.3, -0.25) is 4.98 Å². The van der Waals surface area contributed by atoms with Crippen LogP contribution in [0.25, 0.3) is 0 Å². The zero-order chi connectivity index (χ0) is 12.4. The summed E-state index contributed by atoms with van der Waals surface area (Å²) in [6.45, 7) is 3.14. The Balaban J connectivity index is 1.59. The molecule has 1 N–H and O–H groups in total. The molecule has 3 nitrogen and oxygen atoms in total. The molecule has 1 aliphatic heterocycles. The lowest BCUT2D eigenvalue weighted by molar-refractivity contribution is -0.136. The Morgan fingerprint density at radius 3 is 3.06 bits per heavy atom. The second-order valence-corrected chi connectivity index (χ2v) is 5.75. The van der Waals surface area contributed by atoms with Gasteiger partial charge in [0, 0.05) is 31.1 Å². The number of hydrogen-bond acceptors (Lipinski definition) is 3. The van der Waals surface area contributed by atoms with Crippen LogP contribution in [0.15, 0.2) is 24.5 Å². The van der Waals surface area contributed by atoms with Crippen LogP contribution in [0, 0.1) is 0 Å². The van der Waals surface area contributed by atoms with Crippen molar-refractivity contribution in [3.63, 3.8) is 0 Å². The molecule has 0 aromatic carbocycles. The highest BCUT2D eigenvalue weighted by molar-refractivity contribution is 5.13. The summed E-state index contributed by atoms with van der Waals surface area (Å²) in [4.78, 5) is 4.19. The van der Waals surface area contributed by atoms with Crippen LogP contribution in [0.4, 0.5) is 0 Å². The van der Waals surface area contributed by atoms with Crippen molar-refractivity contribution in [1.82, 2.24) is 10.3 Å². The number of rotatable bonds is 3. The first-order valence-electron chi connectivity index (χ1n) is 7.07. The Hall–Kier alpha value is -0.930. The molecule has 1 saturated heterocycles. The molecular formula is C15H22N2O. The fourth-order valence-corrected chi connectivity index (χ4v) is 3.17. The maximum Gasteiger partial charge on any atom is 0.0697 e. The van der Waals surface area contributed by atoms with Gasteiger partial charge in [0.25, 0.3) is 0 Å². The quantitative estimate of drug-likeness (QED) is 0.890. The van der Waals surface area contributed by atoms with Gasteiger partial charge in [-0.1, -0.05) is 6.07 Å². The lowest BCUT2D eigenvalue weighted by Crippen LogP contribution is -2.51. The molecule has 2 aliphatic rings. The Morgan fingerprint density at radius 2 is 2.39 bits per heavy atom. The van der Waals surface area contributed by atoms with Crippen molar-refractivity contribution in [2.75, 3.05) is 6.61 Å². The second kappa shape index (κ2) is 4.98. The maximum atomic E-state index is 5.97. The van der Waals surface area contributed by atoms with Crippen LogP contribution in [0.3, 0.4) is 0 Å². The van der Waals surface area contributed by atoms with Crippen molar-refractivity contribution in [3.05, 3.63) is 30.1 Å². The minimum Gasteiger partial charge on any atom is -0.375 e. The average molecular weight is 246 g/mol. The van der Waals surface area contributed by atoms with E-state index in [1.54, 1.807) is 0 Å². The molecule has 0 radical (unpaired) electrons. The lowest BCUT2D eigenvalue weighted by Gasteiger charge is -2.47. The fraction of sp³-hybridized carbons (Fsp3) is 0.667. The van der Waals surface area contributed by atoms with Crippen LogP contribution < -0.4 is 5.32 Å². The van der Waals surface area contributed by atoms with Gasteiger partial charge in [0.2, 0.25) is 0 Å². The van der Waals surface area contributed by atoms with Crippen LogP contribution in [-0.2, 0) is 4.74 Å². The van der Waals surface area contributed by atoms with E-state index in [2.05, 4.69) is 23.3 Å². The summed E-state index contributed by atoms with van der Waals surface area (Å²) in [7, 11) is 0. The first-order chi connectivity index (χ1) is 8.77. The van der Waals surface area contributed by atoms with E-state index in [9.17, 15) is 0 Å². The molecule has 3 heteroatoms. The number of hydrogen-bond donors (Lipinski definition) is 1. The van der Waals surface area contributed by atoms with Crippen LogP contribution in [0.2, 0.25) is 0 Å². The fourth-order valence-electron chi connectivity index (χ4n) is 3.17. The molecule has 2 fully saturated rings. The average Bonchev–Trinajstić information content (AvgIpc) is 2.38. The van der Waals surface area contributed by atoms with E-state index in [1.165, 1.54) is 31.2 Å². The van der Waals surface area contributed by atoms with E-state index in [4.69, 9.17) is 4.74 Å². The normalized spacial score (nSPS) is 27.7. The van der Waals surface area contributed by atoms with E-state index >= 15 is 0 Å². The summed E-state index contributed by atoms with van der Waals surface area (Å²) >= 11 is 0. The van der Waals surface area contributed by atoms with Crippen LogP contribution in [-0.4, -0.2) is 23.2 Å². The third kappa shape index (κ3) is 2.43. The molecule has 1 unspecified atom stereocenters. The summed E-state index contributed by atoms with van der Waals surface area (Å²) in [6, 6.07) is 5.11. The summed E-state index contributed by atoms with van der Waals surface area (Å²) < 4.78 is 5.97. The number of nitrogens with one attached hydrogen (secondary N) is 1. The van der Waals surface area contributed by atoms with Gasteiger partial charge in [-0.05, 0) is 50.7 Å². The molecule has 0 amide bonds. The molecule has 1 aromatic rings. The van der Waals surface area contributed by atoms with Gasteiger partial charge < -0.3 is 10.1 Å². The molecule has 18 heavy (non-hydrogen) atoms. The molecule has 1 spiro atoms. The molecule has 1 aromatic heterocycles. The highest BCUT2D eigenvalue weighted by atomic mass is 16.5. The van der Waals surface area contributed by atoms with Crippen LogP contribution in [0.1, 0.15) is 50.6 Å². The monoisotopic (exact) mass is 246 g/mol. The van der Waals surface area contributed by atoms with Gasteiger partial charge in [0.15, 0.2) is 0 Å². The van der Waals surface area contributed by atoms with E-state index in [0.717, 1.165) is 13.0 Å². The van der Waals surface area contributed by atoms with Gasteiger partial charge in [0.1, 0.15) is 0 Å². The third-order valence-electron chi connectivity index (χ3n) is 4.43. The molecule has 2 atom stereocenters. The predicted molar refractivity (Wildman–Crippen MR) is 71.3 cm³/mol. The van der Waals surface area contributed by atoms with Gasteiger partial charge in [0.05, 0.1) is 5.60 Å². The van der Waals surface area contributed by atoms with E-state index < -0.39 is 0 Å². The maximum absolute atomic E-state index is 5.97. The minimum atomic E-state index is 0.227. The highest BCUT2D eigenvalue weighted by Crippen LogP contribution is 2.42.